The maximum absolute atomic E-state index is 12.7. The van der Waals surface area contributed by atoms with Gasteiger partial charge in [-0.15, -0.1) is 12.4 Å². The summed E-state index contributed by atoms with van der Waals surface area (Å²) < 4.78 is 32.7. The fourth-order valence-electron chi connectivity index (χ4n) is 2.47. The summed E-state index contributed by atoms with van der Waals surface area (Å²) in [6, 6.07) is 4.70. The van der Waals surface area contributed by atoms with Gasteiger partial charge in [0.2, 0.25) is 10.0 Å². The summed E-state index contributed by atoms with van der Waals surface area (Å²) in [7, 11) is -1.96. The zero-order valence-corrected chi connectivity index (χ0v) is 15.0. The molecule has 0 saturated carbocycles. The van der Waals surface area contributed by atoms with Gasteiger partial charge in [-0.2, -0.15) is 4.31 Å². The molecule has 8 heteroatoms. The molecular weight excluding hydrogens is 380 g/mol. The van der Waals surface area contributed by atoms with E-state index in [0.717, 1.165) is 19.3 Å². The van der Waals surface area contributed by atoms with Crippen LogP contribution in [0.2, 0.25) is 0 Å². The smallest absolute Gasteiger partial charge is 0.243 e. The highest BCUT2D eigenvalue weighted by Gasteiger charge is 2.32. The van der Waals surface area contributed by atoms with Gasteiger partial charge in [0.05, 0.1) is 16.5 Å². The van der Waals surface area contributed by atoms with E-state index in [1.807, 2.05) is 0 Å². The molecule has 1 atom stereocenters. The Balaban J connectivity index is 0.00000220. The van der Waals surface area contributed by atoms with E-state index in [4.69, 9.17) is 10.5 Å². The fraction of sp³-hybridized carbons (Fsp3) is 0.538. The van der Waals surface area contributed by atoms with Crippen molar-refractivity contribution in [3.8, 4) is 5.75 Å². The van der Waals surface area contributed by atoms with Crippen LogP contribution in [0.4, 0.5) is 0 Å². The van der Waals surface area contributed by atoms with E-state index in [0.29, 0.717) is 23.3 Å². The van der Waals surface area contributed by atoms with Gasteiger partial charge in [0.25, 0.3) is 0 Å². The number of piperidine rings is 1. The summed E-state index contributed by atoms with van der Waals surface area (Å²) >= 11 is 3.32. The van der Waals surface area contributed by atoms with Gasteiger partial charge in [-0.05, 0) is 47.0 Å². The van der Waals surface area contributed by atoms with Crippen LogP contribution < -0.4 is 10.5 Å². The molecule has 1 unspecified atom stereocenters. The molecule has 2 N–H and O–H groups in total. The fourth-order valence-corrected chi connectivity index (χ4v) is 4.89. The molecule has 1 saturated heterocycles. The molecule has 2 rings (SSSR count). The largest absolute Gasteiger partial charge is 0.496 e. The van der Waals surface area contributed by atoms with Crippen molar-refractivity contribution in [1.29, 1.82) is 0 Å². The van der Waals surface area contributed by atoms with E-state index in [1.54, 1.807) is 25.3 Å². The Bertz CT molecular complexity index is 583. The second-order valence-corrected chi connectivity index (χ2v) is 7.54. The molecule has 0 radical (unpaired) electrons. The number of methoxy groups -OCH3 is 1. The third-order valence-electron chi connectivity index (χ3n) is 3.58. The van der Waals surface area contributed by atoms with E-state index in [9.17, 15) is 8.42 Å². The van der Waals surface area contributed by atoms with E-state index in [1.165, 1.54) is 4.31 Å². The molecule has 1 aromatic rings. The molecule has 1 aromatic carbocycles. The number of nitrogens with zero attached hydrogens (tertiary/aromatic N) is 1. The van der Waals surface area contributed by atoms with Gasteiger partial charge in [-0.1, -0.05) is 6.42 Å². The first-order valence-electron chi connectivity index (χ1n) is 6.56. The van der Waals surface area contributed by atoms with Crippen LogP contribution in [0.3, 0.4) is 0 Å². The normalized spacial score (nSPS) is 19.9. The standard InChI is InChI=1S/C13H19BrN2O3S.ClH/c1-19-13-6-5-11(8-12(13)14)20(17,18)16-7-3-2-4-10(16)9-15;/h5-6,8,10H,2-4,7,9,15H2,1H3;1H. The van der Waals surface area contributed by atoms with Gasteiger partial charge in [0, 0.05) is 19.1 Å². The lowest BCUT2D eigenvalue weighted by atomic mass is 10.1. The molecule has 1 fully saturated rings. The summed E-state index contributed by atoms with van der Waals surface area (Å²) in [5.74, 6) is 0.609. The second kappa shape index (κ2) is 7.78. The van der Waals surface area contributed by atoms with E-state index >= 15 is 0 Å². The maximum Gasteiger partial charge on any atom is 0.243 e. The Labute approximate surface area is 140 Å². The van der Waals surface area contributed by atoms with Crippen molar-refractivity contribution in [2.24, 2.45) is 5.73 Å². The molecule has 120 valence electrons. The number of halogens is 2. The van der Waals surface area contributed by atoms with Crippen molar-refractivity contribution in [1.82, 2.24) is 4.31 Å². The summed E-state index contributed by atoms with van der Waals surface area (Å²) in [6.07, 6.45) is 2.74. The number of benzene rings is 1. The van der Waals surface area contributed by atoms with Gasteiger partial charge in [-0.3, -0.25) is 0 Å². The van der Waals surface area contributed by atoms with Crippen LogP contribution in [0, 0.1) is 0 Å². The third-order valence-corrected chi connectivity index (χ3v) is 6.14. The second-order valence-electron chi connectivity index (χ2n) is 4.80. The first kappa shape index (κ1) is 18.7. The first-order chi connectivity index (χ1) is 9.50. The lowest BCUT2D eigenvalue weighted by molar-refractivity contribution is 0.257. The zero-order chi connectivity index (χ0) is 14.8. The third kappa shape index (κ3) is 3.90. The Kier molecular flexibility index (Phi) is 6.93. The van der Waals surface area contributed by atoms with E-state index < -0.39 is 10.0 Å². The van der Waals surface area contributed by atoms with Gasteiger partial charge in [0.1, 0.15) is 5.75 Å². The van der Waals surface area contributed by atoms with Gasteiger partial charge in [0.15, 0.2) is 0 Å². The Morgan fingerprint density at radius 1 is 1.43 bits per heavy atom. The van der Waals surface area contributed by atoms with Crippen LogP contribution in [0.1, 0.15) is 19.3 Å². The molecule has 21 heavy (non-hydrogen) atoms. The van der Waals surface area contributed by atoms with Crippen LogP contribution >= 0.6 is 28.3 Å². The van der Waals surface area contributed by atoms with Crippen molar-refractivity contribution >= 4 is 38.4 Å². The first-order valence-corrected chi connectivity index (χ1v) is 8.79. The summed E-state index contributed by atoms with van der Waals surface area (Å²) in [5.41, 5.74) is 5.71. The molecule has 0 bridgehead atoms. The number of hydrogen-bond acceptors (Lipinski definition) is 4. The van der Waals surface area contributed by atoms with Crippen LogP contribution in [-0.4, -0.2) is 39.0 Å². The molecule has 1 heterocycles. The van der Waals surface area contributed by atoms with Crippen molar-refractivity contribution < 1.29 is 13.2 Å². The van der Waals surface area contributed by atoms with Crippen molar-refractivity contribution in [3.05, 3.63) is 22.7 Å². The highest BCUT2D eigenvalue weighted by Crippen LogP contribution is 2.31. The minimum absolute atomic E-state index is 0. The average Bonchev–Trinajstić information content (AvgIpc) is 2.47. The Hall–Kier alpha value is -0.340. The summed E-state index contributed by atoms with van der Waals surface area (Å²) in [4.78, 5) is 0.269. The highest BCUT2D eigenvalue weighted by molar-refractivity contribution is 9.10. The van der Waals surface area contributed by atoms with Gasteiger partial charge >= 0.3 is 0 Å². The number of rotatable bonds is 4. The monoisotopic (exact) mass is 398 g/mol. The van der Waals surface area contributed by atoms with Crippen molar-refractivity contribution in [2.75, 3.05) is 20.2 Å². The molecule has 0 aliphatic carbocycles. The zero-order valence-electron chi connectivity index (χ0n) is 11.8. The van der Waals surface area contributed by atoms with E-state index in [2.05, 4.69) is 15.9 Å². The van der Waals surface area contributed by atoms with Crippen LogP contribution in [0.5, 0.6) is 5.75 Å². The molecule has 0 amide bonds. The topological polar surface area (TPSA) is 72.6 Å². The predicted molar refractivity (Wildman–Crippen MR) is 88.5 cm³/mol. The van der Waals surface area contributed by atoms with Crippen LogP contribution in [0.15, 0.2) is 27.6 Å². The lowest BCUT2D eigenvalue weighted by Crippen LogP contribution is -2.47. The van der Waals surface area contributed by atoms with Gasteiger partial charge in [-0.25, -0.2) is 8.42 Å². The molecule has 0 aromatic heterocycles. The number of nitrogens with two attached hydrogens (primary N) is 1. The number of ether oxygens (including phenoxy) is 1. The lowest BCUT2D eigenvalue weighted by Gasteiger charge is -2.33. The van der Waals surface area contributed by atoms with Crippen molar-refractivity contribution in [3.63, 3.8) is 0 Å². The van der Waals surface area contributed by atoms with Gasteiger partial charge < -0.3 is 10.5 Å². The number of sulfonamides is 1. The van der Waals surface area contributed by atoms with Crippen LogP contribution in [0.25, 0.3) is 0 Å². The van der Waals surface area contributed by atoms with Crippen molar-refractivity contribution in [2.45, 2.75) is 30.2 Å². The minimum Gasteiger partial charge on any atom is -0.496 e. The number of hydrogen-bond donors (Lipinski definition) is 1. The molecule has 1 aliphatic heterocycles. The Morgan fingerprint density at radius 3 is 2.71 bits per heavy atom. The van der Waals surface area contributed by atoms with E-state index in [-0.39, 0.29) is 23.3 Å². The molecular formula is C13H20BrClN2O3S. The maximum atomic E-state index is 12.7. The minimum atomic E-state index is -3.50. The highest BCUT2D eigenvalue weighted by atomic mass is 79.9. The predicted octanol–water partition coefficient (Wildman–Crippen LogP) is 2.38. The molecule has 1 aliphatic rings. The van der Waals surface area contributed by atoms with Crippen LogP contribution in [-0.2, 0) is 10.0 Å². The quantitative estimate of drug-likeness (QED) is 0.843. The summed E-state index contributed by atoms with van der Waals surface area (Å²) in [6.45, 7) is 0.893. The Morgan fingerprint density at radius 2 is 2.14 bits per heavy atom. The summed E-state index contributed by atoms with van der Waals surface area (Å²) in [5, 5.41) is 0. The SMILES string of the molecule is COc1ccc(S(=O)(=O)N2CCCCC2CN)cc1Br.Cl. The molecule has 0 spiro atoms. The molecule has 5 nitrogen and oxygen atoms in total. The average molecular weight is 400 g/mol.